The van der Waals surface area contributed by atoms with Crippen LogP contribution in [0, 0.1) is 0 Å². The quantitative estimate of drug-likeness (QED) is 0.0284. The standard InChI is InChI=1S/C71H109N5O56/c1-12(82)72-22-43(27(87)17(7-77)114-62(22)113-6)119-68-39(99)34(94)48(53(129-68)58(105)106)125-64-24(74-14(3)84)45(29(89)19(9-79)116-64)121-70-41(101)36(96)50(55(131-70)60(109)110)127-66-26(76-16(5)86)47(31(91)21(11-81)118-66)123-71-42(102)37(97)51(56(132-71)61(111)112)126-65-25(75-15(4)85)46(30(90)20(10-80)117-65)122-69-40(100)35(95)49(54(130-69)59(107)108)124-63-23(73-13(2)83)44(28(88)18(8-78)115-63)120-67-38(98)32(92)33(93)52(128-67)57(103)104/h17-56,62-71,77-81,87-102H,7-11H2,1-6H3,(H,72,82)(H,73,83)(H,74,84)(H,75,85)(H,76,86)(H,103,104)(H,105,106)(H,107,108)(H,109,110)(H,111,112)/t17-,18-,19-,20-,21-,22-,23-,24-,25-,26-,27-,28-,29-,30-,31-,32+,33+,34-,35-,36-,37-,38-,39-,40-,41-,42-,43-,44-,45-,46-,47-,48+,49+,50+,51+,52+,53+,54+,55+,56+,62-,63+,64+,65+,66+,67-,68-,69-,70-,71-/m1/s1. The van der Waals surface area contributed by atoms with Crippen LogP contribution in [-0.2, 0) is 143 Å². The number of carbonyl (C=O) groups excluding carboxylic acids is 5. The van der Waals surface area contributed by atoms with Crippen molar-refractivity contribution in [1.29, 1.82) is 0 Å². The molecule has 31 N–H and O–H groups in total. The maximum atomic E-state index is 13.4. The van der Waals surface area contributed by atoms with Crippen LogP contribution < -0.4 is 26.6 Å². The number of hydrogen-bond acceptors (Lipinski definition) is 51. The van der Waals surface area contributed by atoms with E-state index in [2.05, 4.69) is 26.6 Å². The molecule has 10 saturated heterocycles. The second kappa shape index (κ2) is 45.6. The summed E-state index contributed by atoms with van der Waals surface area (Å²) in [6.45, 7) is -1.61. The number of hydrogen-bond donors (Lipinski definition) is 31. The molecule has 0 bridgehead atoms. The zero-order valence-corrected chi connectivity index (χ0v) is 69.8. The fourth-order valence-electron chi connectivity index (χ4n) is 16.5. The molecule has 0 aromatic heterocycles. The van der Waals surface area contributed by atoms with Gasteiger partial charge in [-0.15, -0.1) is 0 Å². The van der Waals surface area contributed by atoms with Gasteiger partial charge in [0.15, 0.2) is 93.4 Å². The molecule has 132 heavy (non-hydrogen) atoms. The zero-order valence-electron chi connectivity index (χ0n) is 69.8. The van der Waals surface area contributed by atoms with E-state index in [1.807, 2.05) is 0 Å². The maximum absolute atomic E-state index is 13.4. The van der Waals surface area contributed by atoms with Gasteiger partial charge in [-0.1, -0.05) is 0 Å². The van der Waals surface area contributed by atoms with Crippen molar-refractivity contribution >= 4 is 59.4 Å². The molecule has 754 valence electrons. The third-order valence-corrected chi connectivity index (χ3v) is 22.9. The van der Waals surface area contributed by atoms with Crippen molar-refractivity contribution in [3.8, 4) is 0 Å². The molecule has 0 aromatic carbocycles. The number of aliphatic hydroxyl groups is 21. The third kappa shape index (κ3) is 23.2. The van der Waals surface area contributed by atoms with E-state index >= 15 is 0 Å². The molecule has 10 heterocycles. The van der Waals surface area contributed by atoms with Gasteiger partial charge in [0.25, 0.3) is 0 Å². The number of methoxy groups -OCH3 is 1. The molecule has 50 atom stereocenters. The van der Waals surface area contributed by atoms with Crippen LogP contribution >= 0.6 is 0 Å². The van der Waals surface area contributed by atoms with Crippen molar-refractivity contribution < 1.29 is 275 Å². The van der Waals surface area contributed by atoms with Crippen molar-refractivity contribution in [2.75, 3.05) is 40.1 Å². The molecule has 10 fully saturated rings. The van der Waals surface area contributed by atoms with Crippen molar-refractivity contribution in [3.63, 3.8) is 0 Å². The molecule has 0 aliphatic carbocycles. The Balaban J connectivity index is 0.849. The van der Waals surface area contributed by atoms with E-state index < -0.39 is 399 Å². The molecule has 0 spiro atoms. The fraction of sp³-hybridized carbons (Fsp3) is 0.859. The highest BCUT2D eigenvalue weighted by Gasteiger charge is 2.64. The summed E-state index contributed by atoms with van der Waals surface area (Å²) in [5.41, 5.74) is 0. The van der Waals surface area contributed by atoms with Crippen LogP contribution in [0.1, 0.15) is 34.6 Å². The lowest BCUT2D eigenvalue weighted by Gasteiger charge is -2.51. The number of ether oxygens (including phenoxy) is 20. The van der Waals surface area contributed by atoms with Crippen LogP contribution in [-0.4, -0.2) is 539 Å². The van der Waals surface area contributed by atoms with E-state index in [4.69, 9.17) is 94.7 Å². The first-order valence-corrected chi connectivity index (χ1v) is 40.5. The number of rotatable bonds is 34. The van der Waals surface area contributed by atoms with E-state index in [1.54, 1.807) is 0 Å². The lowest BCUT2D eigenvalue weighted by atomic mass is 9.93. The normalized spacial score (nSPS) is 46.6. The molecule has 0 aromatic rings. The summed E-state index contributed by atoms with van der Waals surface area (Å²) in [5.74, 6) is -15.4. The summed E-state index contributed by atoms with van der Waals surface area (Å²) in [6.07, 6.45) is -106. The fourth-order valence-corrected chi connectivity index (χ4v) is 16.5. The van der Waals surface area contributed by atoms with Gasteiger partial charge in [-0.2, -0.15) is 0 Å². The first-order chi connectivity index (χ1) is 62.1. The van der Waals surface area contributed by atoms with Gasteiger partial charge in [0, 0.05) is 41.7 Å². The highest BCUT2D eigenvalue weighted by molar-refractivity contribution is 5.77. The lowest BCUT2D eigenvalue weighted by molar-refractivity contribution is -0.382. The van der Waals surface area contributed by atoms with Gasteiger partial charge >= 0.3 is 29.8 Å². The molecule has 5 amide bonds. The highest BCUT2D eigenvalue weighted by Crippen LogP contribution is 2.42. The Kier molecular flexibility index (Phi) is 37.0. The Bertz CT molecular complexity index is 3890. The van der Waals surface area contributed by atoms with E-state index in [0.717, 1.165) is 41.7 Å². The largest absolute Gasteiger partial charge is 0.479 e. The second-order valence-corrected chi connectivity index (χ2v) is 32.1. The molecule has 0 radical (unpaired) electrons. The number of nitrogens with one attached hydrogen (secondary N) is 5. The minimum atomic E-state index is -2.73. The Hall–Kier alpha value is -6.94. The third-order valence-electron chi connectivity index (χ3n) is 22.9. The minimum absolute atomic E-state index is 0.764. The Morgan fingerprint density at radius 1 is 0.212 bits per heavy atom. The molecule has 10 rings (SSSR count). The summed E-state index contributed by atoms with van der Waals surface area (Å²) in [7, 11) is 1.10. The Labute approximate surface area is 741 Å². The summed E-state index contributed by atoms with van der Waals surface area (Å²) in [5, 5.41) is 300. The van der Waals surface area contributed by atoms with E-state index in [-0.39, 0.29) is 0 Å². The van der Waals surface area contributed by atoms with Crippen LogP contribution in [0.4, 0.5) is 0 Å². The van der Waals surface area contributed by atoms with Crippen LogP contribution in [0.3, 0.4) is 0 Å². The minimum Gasteiger partial charge on any atom is -0.479 e. The van der Waals surface area contributed by atoms with Gasteiger partial charge in [-0.05, 0) is 0 Å². The van der Waals surface area contributed by atoms with Gasteiger partial charge in [0.2, 0.25) is 29.5 Å². The number of carboxylic acid groups (broad SMARTS) is 5. The monoisotopic (exact) mass is 1930 g/mol. The van der Waals surface area contributed by atoms with Crippen molar-refractivity contribution in [2.45, 2.75) is 341 Å². The average Bonchev–Trinajstić information content (AvgIpc) is 0.763. The molecular weight excluding hydrogens is 1820 g/mol. The molecular formula is C71H109N5O56. The summed E-state index contributed by atoms with van der Waals surface area (Å²) < 4.78 is 114. The Morgan fingerprint density at radius 2 is 0.379 bits per heavy atom. The number of aliphatic carboxylic acids is 5. The highest BCUT2D eigenvalue weighted by atomic mass is 16.8. The van der Waals surface area contributed by atoms with Gasteiger partial charge < -0.3 is 254 Å². The first kappa shape index (κ1) is 107. The first-order valence-electron chi connectivity index (χ1n) is 40.5. The van der Waals surface area contributed by atoms with Gasteiger partial charge in [0.1, 0.15) is 213 Å². The lowest BCUT2D eigenvalue weighted by Crippen LogP contribution is -2.72. The van der Waals surface area contributed by atoms with Crippen LogP contribution in [0.25, 0.3) is 0 Å². The van der Waals surface area contributed by atoms with Crippen molar-refractivity contribution in [2.24, 2.45) is 0 Å². The van der Waals surface area contributed by atoms with E-state index in [9.17, 15) is 181 Å². The number of carboxylic acids is 5. The molecule has 61 nitrogen and oxygen atoms in total. The van der Waals surface area contributed by atoms with Crippen molar-refractivity contribution in [3.05, 3.63) is 0 Å². The molecule has 0 saturated carbocycles. The molecule has 61 heteroatoms. The molecule has 0 unspecified atom stereocenters. The SMILES string of the molecule is CO[C@@H]1O[C@H](CO)[C@@H](O)[C@H](O[C@@H]2O[C@H](C(=O)O)[C@@H](O[C@@H]3O[C@H](CO)[C@@H](O)[C@H](O[C@@H]4O[C@H](C(=O)O)[C@@H](O[C@@H]5O[C@H](CO)[C@@H](O)[C@H](O[C@@H]6O[C@H](C(=O)O)[C@@H](O[C@@H]7O[C@H](CO)[C@@H](O)[C@H](O[C@@H]8O[C@H](C(=O)O)[C@@H](O[C@@H]9O[C@H](CO)[C@@H](O)[C@H](O[C@@H]%10O[C@H](C(=O)O)[C@@H](O)[C@H](O)[C@H]%10O)[C@H]9NC(C)=O)[C@H](O)[C@H]8O)[C@H]7NC(C)=O)[C@H](O)[C@H]6O)[C@H]5NC(C)=O)[C@H](O)[C@H]4O)[C@H]3NC(C)=O)[C@H](O)[C@H]2O)[C@H]1NC(C)=O. The average molecular weight is 1930 g/mol. The summed E-state index contributed by atoms with van der Waals surface area (Å²) >= 11 is 0. The topological polar surface area (TPSA) is 941 Å². The van der Waals surface area contributed by atoms with Crippen LogP contribution in [0.2, 0.25) is 0 Å². The smallest absolute Gasteiger partial charge is 0.335 e. The summed E-state index contributed by atoms with van der Waals surface area (Å²) in [6, 6.07) is -10.0. The number of amides is 5. The van der Waals surface area contributed by atoms with E-state index in [1.165, 1.54) is 0 Å². The zero-order chi connectivity index (χ0) is 97.9. The second-order valence-electron chi connectivity index (χ2n) is 32.1. The van der Waals surface area contributed by atoms with Crippen molar-refractivity contribution in [1.82, 2.24) is 26.6 Å². The predicted molar refractivity (Wildman–Crippen MR) is 395 cm³/mol. The predicted octanol–water partition coefficient (Wildman–Crippen LogP) is -21.0. The number of aliphatic hydroxyl groups excluding tert-OH is 21. The van der Waals surface area contributed by atoms with Crippen LogP contribution in [0.5, 0.6) is 0 Å². The van der Waals surface area contributed by atoms with Gasteiger partial charge in [0.05, 0.1) is 33.0 Å². The summed E-state index contributed by atoms with van der Waals surface area (Å²) in [4.78, 5) is 129. The van der Waals surface area contributed by atoms with Gasteiger partial charge in [-0.25, -0.2) is 24.0 Å². The van der Waals surface area contributed by atoms with E-state index in [0.29, 0.717) is 0 Å². The maximum Gasteiger partial charge on any atom is 0.335 e. The molecule has 10 aliphatic rings. The van der Waals surface area contributed by atoms with Gasteiger partial charge in [-0.3, -0.25) is 24.0 Å². The molecule has 10 aliphatic heterocycles. The Morgan fingerprint density at radius 3 is 0.553 bits per heavy atom. The number of carbonyl (C=O) groups is 10. The van der Waals surface area contributed by atoms with Crippen LogP contribution in [0.15, 0.2) is 0 Å².